The number of halogens is 3. The van der Waals surface area contributed by atoms with Gasteiger partial charge in [-0.15, -0.1) is 11.6 Å². The second-order valence-corrected chi connectivity index (χ2v) is 4.96. The third kappa shape index (κ3) is 2.84. The van der Waals surface area contributed by atoms with Crippen LogP contribution in [0.15, 0.2) is 29.6 Å². The molecule has 0 bridgehead atoms. The quantitative estimate of drug-likeness (QED) is 0.630. The van der Waals surface area contributed by atoms with Crippen molar-refractivity contribution in [3.8, 4) is 0 Å². The molecule has 0 unspecified atom stereocenters. The Labute approximate surface area is 113 Å². The molecule has 0 atom stereocenters. The molecule has 0 saturated heterocycles. The number of nitrogens with zero attached hydrogens (tertiary/aromatic N) is 2. The molecule has 0 N–H and O–H groups in total. The first-order valence-corrected chi connectivity index (χ1v) is 6.77. The highest BCUT2D eigenvalue weighted by atomic mass is 35.5. The summed E-state index contributed by atoms with van der Waals surface area (Å²) in [5.41, 5.74) is 1.36. The minimum absolute atomic E-state index is 0.384. The number of benzene rings is 1. The fraction of sp³-hybridized carbons (Fsp3) is 0.250. The summed E-state index contributed by atoms with van der Waals surface area (Å²) in [6, 6.07) is 3.59. The van der Waals surface area contributed by atoms with Crippen molar-refractivity contribution in [3.63, 3.8) is 0 Å². The van der Waals surface area contributed by atoms with E-state index >= 15 is 0 Å². The number of rotatable bonds is 4. The normalized spacial score (nSPS) is 10.9. The number of hydrogen-bond donors (Lipinski definition) is 0. The maximum absolute atomic E-state index is 13.4. The predicted molar refractivity (Wildman–Crippen MR) is 68.7 cm³/mol. The minimum atomic E-state index is -0.567. The van der Waals surface area contributed by atoms with E-state index in [1.165, 1.54) is 23.9 Å². The Hall–Kier alpha value is -1.07. The van der Waals surface area contributed by atoms with Crippen LogP contribution in [0.5, 0.6) is 0 Å². The van der Waals surface area contributed by atoms with E-state index in [-0.39, 0.29) is 0 Å². The molecule has 0 aliphatic heterocycles. The molecule has 1 heterocycles. The van der Waals surface area contributed by atoms with Crippen LogP contribution in [0.4, 0.5) is 8.78 Å². The van der Waals surface area contributed by atoms with Gasteiger partial charge in [-0.25, -0.2) is 13.8 Å². The Balaban J connectivity index is 2.09. The van der Waals surface area contributed by atoms with Crippen molar-refractivity contribution >= 4 is 23.4 Å². The zero-order chi connectivity index (χ0) is 13.1. The maximum Gasteiger partial charge on any atom is 0.168 e. The molecule has 0 radical (unpaired) electrons. The standard InChI is InChI=1S/C12H11ClF2N2S/c1-17-10(5-13)6-16-12(17)18-7-8-2-3-9(14)4-11(8)15/h2-4,6H,5,7H2,1H3. The Morgan fingerprint density at radius 2 is 2.17 bits per heavy atom. The summed E-state index contributed by atoms with van der Waals surface area (Å²) < 4.78 is 28.0. The Morgan fingerprint density at radius 1 is 1.39 bits per heavy atom. The SMILES string of the molecule is Cn1c(CCl)cnc1SCc1ccc(F)cc1F. The number of thioether (sulfide) groups is 1. The number of hydrogen-bond acceptors (Lipinski definition) is 2. The number of alkyl halides is 1. The molecule has 0 spiro atoms. The van der Waals surface area contributed by atoms with Crippen molar-refractivity contribution in [1.82, 2.24) is 9.55 Å². The second kappa shape index (κ2) is 5.71. The van der Waals surface area contributed by atoms with Gasteiger partial charge in [-0.3, -0.25) is 0 Å². The van der Waals surface area contributed by atoms with Gasteiger partial charge >= 0.3 is 0 Å². The van der Waals surface area contributed by atoms with Crippen LogP contribution in [0, 0.1) is 11.6 Å². The number of imidazole rings is 1. The fourth-order valence-corrected chi connectivity index (χ4v) is 2.67. The molecule has 18 heavy (non-hydrogen) atoms. The fourth-order valence-electron chi connectivity index (χ4n) is 1.47. The third-order valence-electron chi connectivity index (χ3n) is 2.55. The molecule has 96 valence electrons. The van der Waals surface area contributed by atoms with Gasteiger partial charge in [0.2, 0.25) is 0 Å². The summed E-state index contributed by atoms with van der Waals surface area (Å²) in [5.74, 6) is -0.315. The smallest absolute Gasteiger partial charge is 0.168 e. The van der Waals surface area contributed by atoms with Gasteiger partial charge in [-0.05, 0) is 11.6 Å². The molecule has 0 amide bonds. The highest BCUT2D eigenvalue weighted by Crippen LogP contribution is 2.24. The van der Waals surface area contributed by atoms with Crippen LogP contribution in [-0.4, -0.2) is 9.55 Å². The van der Waals surface area contributed by atoms with Crippen LogP contribution in [-0.2, 0) is 18.7 Å². The van der Waals surface area contributed by atoms with E-state index in [0.717, 1.165) is 16.9 Å². The molecule has 2 nitrogen and oxygen atoms in total. The van der Waals surface area contributed by atoms with Gasteiger partial charge in [0.25, 0.3) is 0 Å². The molecule has 0 saturated carbocycles. The van der Waals surface area contributed by atoms with Crippen LogP contribution in [0.25, 0.3) is 0 Å². The molecule has 2 aromatic rings. The number of aromatic nitrogens is 2. The topological polar surface area (TPSA) is 17.8 Å². The van der Waals surface area contributed by atoms with Crippen molar-refractivity contribution in [2.45, 2.75) is 16.8 Å². The molecule has 6 heteroatoms. The molecule has 0 aliphatic rings. The molecule has 0 aliphatic carbocycles. The maximum atomic E-state index is 13.4. The van der Waals surface area contributed by atoms with E-state index in [1.807, 2.05) is 11.6 Å². The lowest BCUT2D eigenvalue weighted by Gasteiger charge is -2.05. The molecule has 2 rings (SSSR count). The summed E-state index contributed by atoms with van der Waals surface area (Å²) in [5, 5.41) is 0.759. The first kappa shape index (κ1) is 13.4. The van der Waals surface area contributed by atoms with Crippen LogP contribution in [0.3, 0.4) is 0 Å². The van der Waals surface area contributed by atoms with Gasteiger partial charge in [-0.2, -0.15) is 0 Å². The van der Waals surface area contributed by atoms with Crippen molar-refractivity contribution in [2.75, 3.05) is 0 Å². The molecule has 1 aromatic carbocycles. The Morgan fingerprint density at radius 3 is 2.78 bits per heavy atom. The average Bonchev–Trinajstić information content (AvgIpc) is 2.69. The van der Waals surface area contributed by atoms with Gasteiger partial charge in [-0.1, -0.05) is 17.8 Å². The van der Waals surface area contributed by atoms with Crippen LogP contribution >= 0.6 is 23.4 Å². The van der Waals surface area contributed by atoms with E-state index < -0.39 is 11.6 Å². The molecular formula is C12H11ClF2N2S. The molecule has 0 fully saturated rings. The van der Waals surface area contributed by atoms with Crippen molar-refractivity contribution in [1.29, 1.82) is 0 Å². The van der Waals surface area contributed by atoms with E-state index in [9.17, 15) is 8.78 Å². The highest BCUT2D eigenvalue weighted by molar-refractivity contribution is 7.98. The summed E-state index contributed by atoms with van der Waals surface area (Å²) >= 11 is 7.12. The lowest BCUT2D eigenvalue weighted by atomic mass is 10.2. The largest absolute Gasteiger partial charge is 0.325 e. The average molecular weight is 289 g/mol. The van der Waals surface area contributed by atoms with Gasteiger partial charge < -0.3 is 4.57 Å². The van der Waals surface area contributed by atoms with Crippen molar-refractivity contribution in [2.24, 2.45) is 7.05 Å². The van der Waals surface area contributed by atoms with Gasteiger partial charge in [0.05, 0.1) is 17.8 Å². The summed E-state index contributed by atoms with van der Waals surface area (Å²) in [6.07, 6.45) is 1.69. The monoisotopic (exact) mass is 288 g/mol. The first-order chi connectivity index (χ1) is 8.61. The van der Waals surface area contributed by atoms with Crippen LogP contribution < -0.4 is 0 Å². The van der Waals surface area contributed by atoms with Crippen LogP contribution in [0.2, 0.25) is 0 Å². The predicted octanol–water partition coefficient (Wildman–Crippen LogP) is 3.73. The zero-order valence-corrected chi connectivity index (χ0v) is 11.2. The van der Waals surface area contributed by atoms with Crippen molar-refractivity contribution in [3.05, 3.63) is 47.3 Å². The van der Waals surface area contributed by atoms with E-state index in [4.69, 9.17) is 11.6 Å². The van der Waals surface area contributed by atoms with E-state index in [0.29, 0.717) is 17.2 Å². The lowest BCUT2D eigenvalue weighted by Crippen LogP contribution is -1.96. The summed E-state index contributed by atoms with van der Waals surface area (Å²) in [7, 11) is 1.86. The Bertz CT molecular complexity index is 557. The Kier molecular flexibility index (Phi) is 4.24. The van der Waals surface area contributed by atoms with Gasteiger partial charge in [0.1, 0.15) is 11.6 Å². The first-order valence-electron chi connectivity index (χ1n) is 5.25. The third-order valence-corrected chi connectivity index (χ3v) is 3.92. The van der Waals surface area contributed by atoms with Crippen LogP contribution in [0.1, 0.15) is 11.3 Å². The summed E-state index contributed by atoms with van der Waals surface area (Å²) in [6.45, 7) is 0. The van der Waals surface area contributed by atoms with E-state index in [1.54, 1.807) is 6.20 Å². The highest BCUT2D eigenvalue weighted by Gasteiger charge is 2.09. The summed E-state index contributed by atoms with van der Waals surface area (Å²) in [4.78, 5) is 4.19. The van der Waals surface area contributed by atoms with Gasteiger partial charge in [0, 0.05) is 18.9 Å². The van der Waals surface area contributed by atoms with Gasteiger partial charge in [0.15, 0.2) is 5.16 Å². The lowest BCUT2D eigenvalue weighted by molar-refractivity contribution is 0.576. The molecular weight excluding hydrogens is 278 g/mol. The second-order valence-electron chi connectivity index (χ2n) is 3.75. The zero-order valence-electron chi connectivity index (χ0n) is 9.66. The van der Waals surface area contributed by atoms with Crippen molar-refractivity contribution < 1.29 is 8.78 Å². The minimum Gasteiger partial charge on any atom is -0.325 e. The molecule has 1 aromatic heterocycles. The van der Waals surface area contributed by atoms with E-state index in [2.05, 4.69) is 4.98 Å².